The highest BCUT2D eigenvalue weighted by Gasteiger charge is 2.40. The number of likely N-dealkylation sites (tertiary alicyclic amines) is 1. The molecule has 5 heteroatoms. The van der Waals surface area contributed by atoms with E-state index in [9.17, 15) is 0 Å². The van der Waals surface area contributed by atoms with Crippen LogP contribution in [-0.4, -0.2) is 42.0 Å². The maximum atomic E-state index is 5.78. The fraction of sp³-hybridized carbons (Fsp3) is 0.750. The third kappa shape index (κ3) is 2.52. The van der Waals surface area contributed by atoms with Crippen LogP contribution >= 0.6 is 11.3 Å². The third-order valence-electron chi connectivity index (χ3n) is 3.36. The molecule has 4 nitrogen and oxygen atoms in total. The first-order valence-corrected chi connectivity index (χ1v) is 6.99. The van der Waals surface area contributed by atoms with Crippen molar-refractivity contribution in [2.75, 3.05) is 26.3 Å². The lowest BCUT2D eigenvalue weighted by molar-refractivity contribution is -0.190. The monoisotopic (exact) mass is 254 g/mol. The first-order chi connectivity index (χ1) is 8.26. The largest absolute Gasteiger partial charge is 0.346 e. The molecular formula is C12H18N2O2S. The Labute approximate surface area is 106 Å². The van der Waals surface area contributed by atoms with Crippen LogP contribution in [0.3, 0.4) is 0 Å². The Balaban J connectivity index is 1.64. The topological polar surface area (TPSA) is 34.6 Å². The van der Waals surface area contributed by atoms with Gasteiger partial charge in [0.1, 0.15) is 0 Å². The molecule has 2 aliphatic rings. The molecule has 0 unspecified atom stereocenters. The summed E-state index contributed by atoms with van der Waals surface area (Å²) in [6.07, 6.45) is 4.17. The van der Waals surface area contributed by atoms with Crippen LogP contribution in [0.2, 0.25) is 0 Å². The van der Waals surface area contributed by atoms with Crippen LogP contribution in [0.5, 0.6) is 0 Å². The Morgan fingerprint density at radius 3 is 3.00 bits per heavy atom. The zero-order valence-electron chi connectivity index (χ0n) is 10.1. The van der Waals surface area contributed by atoms with Gasteiger partial charge in [0, 0.05) is 24.0 Å². The van der Waals surface area contributed by atoms with Crippen molar-refractivity contribution in [1.82, 2.24) is 9.88 Å². The van der Waals surface area contributed by atoms with Crippen LogP contribution in [0, 0.1) is 6.92 Å². The van der Waals surface area contributed by atoms with Crippen LogP contribution in [0.4, 0.5) is 0 Å². The molecule has 94 valence electrons. The van der Waals surface area contributed by atoms with Gasteiger partial charge in [-0.3, -0.25) is 4.90 Å². The zero-order valence-corrected chi connectivity index (χ0v) is 11.0. The van der Waals surface area contributed by atoms with Crippen molar-refractivity contribution in [1.29, 1.82) is 0 Å². The molecule has 17 heavy (non-hydrogen) atoms. The summed E-state index contributed by atoms with van der Waals surface area (Å²) in [7, 11) is 0. The molecule has 0 aromatic carbocycles. The number of thiazole rings is 1. The third-order valence-corrected chi connectivity index (χ3v) is 4.26. The molecule has 0 N–H and O–H groups in total. The van der Waals surface area contributed by atoms with Crippen molar-refractivity contribution in [2.45, 2.75) is 32.1 Å². The normalized spacial score (nSPS) is 24.5. The van der Waals surface area contributed by atoms with Gasteiger partial charge in [0.2, 0.25) is 0 Å². The number of aryl methyl sites for hydroxylation is 1. The molecule has 3 rings (SSSR count). The van der Waals surface area contributed by atoms with Gasteiger partial charge in [-0.1, -0.05) is 0 Å². The minimum absolute atomic E-state index is 0.308. The smallest absolute Gasteiger partial charge is 0.181 e. The standard InChI is InChI=1S/C12H18N2O2S/c1-10-13-7-11(17-10)8-14-4-2-3-12(9-14)15-5-6-16-12/h7H,2-6,8-9H2,1H3. The summed E-state index contributed by atoms with van der Waals surface area (Å²) in [5.41, 5.74) is 0. The van der Waals surface area contributed by atoms with E-state index < -0.39 is 0 Å². The quantitative estimate of drug-likeness (QED) is 0.806. The molecule has 0 aliphatic carbocycles. The summed E-state index contributed by atoms with van der Waals surface area (Å²) in [6.45, 7) is 6.53. The van der Waals surface area contributed by atoms with E-state index in [4.69, 9.17) is 9.47 Å². The van der Waals surface area contributed by atoms with Crippen LogP contribution < -0.4 is 0 Å². The van der Waals surface area contributed by atoms with Crippen molar-refractivity contribution in [3.63, 3.8) is 0 Å². The molecule has 1 spiro atoms. The number of rotatable bonds is 2. The molecule has 0 bridgehead atoms. The number of hydrogen-bond donors (Lipinski definition) is 0. The second-order valence-corrected chi connectivity index (χ2v) is 6.09. The molecule has 0 amide bonds. The Morgan fingerprint density at radius 1 is 1.47 bits per heavy atom. The Kier molecular flexibility index (Phi) is 3.17. The van der Waals surface area contributed by atoms with E-state index in [0.29, 0.717) is 0 Å². The lowest BCUT2D eigenvalue weighted by atomic mass is 10.0. The van der Waals surface area contributed by atoms with Crippen LogP contribution in [0.15, 0.2) is 6.20 Å². The Morgan fingerprint density at radius 2 is 2.29 bits per heavy atom. The summed E-state index contributed by atoms with van der Waals surface area (Å²) >= 11 is 1.78. The second-order valence-electron chi connectivity index (χ2n) is 4.77. The highest BCUT2D eigenvalue weighted by atomic mass is 32.1. The van der Waals surface area contributed by atoms with E-state index in [0.717, 1.165) is 50.7 Å². The van der Waals surface area contributed by atoms with Gasteiger partial charge in [0.15, 0.2) is 5.79 Å². The van der Waals surface area contributed by atoms with Crippen LogP contribution in [-0.2, 0) is 16.0 Å². The predicted octanol–water partition coefficient (Wildman–Crippen LogP) is 1.79. The molecule has 1 aromatic heterocycles. The van der Waals surface area contributed by atoms with E-state index >= 15 is 0 Å². The molecule has 2 aliphatic heterocycles. The van der Waals surface area contributed by atoms with E-state index in [2.05, 4.69) is 16.8 Å². The van der Waals surface area contributed by atoms with Crippen molar-refractivity contribution in [2.24, 2.45) is 0 Å². The number of nitrogens with zero attached hydrogens (tertiary/aromatic N) is 2. The highest BCUT2D eigenvalue weighted by molar-refractivity contribution is 7.11. The predicted molar refractivity (Wildman–Crippen MR) is 66.0 cm³/mol. The SMILES string of the molecule is Cc1ncc(CN2CCCC3(C2)OCCO3)s1. The average molecular weight is 254 g/mol. The number of ether oxygens (including phenoxy) is 2. The lowest BCUT2D eigenvalue weighted by Gasteiger charge is -2.38. The maximum Gasteiger partial charge on any atom is 0.181 e. The molecule has 0 saturated carbocycles. The summed E-state index contributed by atoms with van der Waals surface area (Å²) in [5, 5.41) is 1.14. The van der Waals surface area contributed by atoms with Crippen LogP contribution in [0.25, 0.3) is 0 Å². The van der Waals surface area contributed by atoms with Gasteiger partial charge in [-0.05, 0) is 19.9 Å². The van der Waals surface area contributed by atoms with Crippen molar-refractivity contribution in [3.8, 4) is 0 Å². The zero-order chi connectivity index (χ0) is 11.7. The first kappa shape index (κ1) is 11.6. The van der Waals surface area contributed by atoms with Crippen molar-refractivity contribution >= 4 is 11.3 Å². The van der Waals surface area contributed by atoms with E-state index in [1.165, 1.54) is 4.88 Å². The Hall–Kier alpha value is -0.490. The van der Waals surface area contributed by atoms with Gasteiger partial charge in [0.25, 0.3) is 0 Å². The molecule has 0 radical (unpaired) electrons. The minimum Gasteiger partial charge on any atom is -0.346 e. The number of hydrogen-bond acceptors (Lipinski definition) is 5. The van der Waals surface area contributed by atoms with Gasteiger partial charge in [-0.15, -0.1) is 11.3 Å². The van der Waals surface area contributed by atoms with Crippen molar-refractivity contribution < 1.29 is 9.47 Å². The van der Waals surface area contributed by atoms with E-state index in [-0.39, 0.29) is 5.79 Å². The fourth-order valence-electron chi connectivity index (χ4n) is 2.64. The van der Waals surface area contributed by atoms with Gasteiger partial charge in [0.05, 0.1) is 24.8 Å². The summed E-state index contributed by atoms with van der Waals surface area (Å²) < 4.78 is 11.6. The van der Waals surface area contributed by atoms with Gasteiger partial charge >= 0.3 is 0 Å². The number of piperidine rings is 1. The van der Waals surface area contributed by atoms with E-state index in [1.807, 2.05) is 6.20 Å². The average Bonchev–Trinajstić information content (AvgIpc) is 2.89. The summed E-state index contributed by atoms with van der Waals surface area (Å²) in [5.74, 6) is -0.308. The molecule has 3 heterocycles. The van der Waals surface area contributed by atoms with Crippen molar-refractivity contribution in [3.05, 3.63) is 16.1 Å². The molecule has 2 saturated heterocycles. The van der Waals surface area contributed by atoms with E-state index in [1.54, 1.807) is 11.3 Å². The molecular weight excluding hydrogens is 236 g/mol. The molecule has 0 atom stereocenters. The second kappa shape index (κ2) is 4.65. The lowest BCUT2D eigenvalue weighted by Crippen LogP contribution is -2.48. The summed E-state index contributed by atoms with van der Waals surface area (Å²) in [6, 6.07) is 0. The van der Waals surface area contributed by atoms with Gasteiger partial charge in [-0.25, -0.2) is 4.98 Å². The molecule has 1 aromatic rings. The van der Waals surface area contributed by atoms with Crippen LogP contribution in [0.1, 0.15) is 22.7 Å². The summed E-state index contributed by atoms with van der Waals surface area (Å²) in [4.78, 5) is 8.05. The highest BCUT2D eigenvalue weighted by Crippen LogP contribution is 2.31. The first-order valence-electron chi connectivity index (χ1n) is 6.17. The van der Waals surface area contributed by atoms with Gasteiger partial charge in [-0.2, -0.15) is 0 Å². The van der Waals surface area contributed by atoms with Gasteiger partial charge < -0.3 is 9.47 Å². The maximum absolute atomic E-state index is 5.78. The molecule has 2 fully saturated rings. The number of aromatic nitrogens is 1. The Bertz CT molecular complexity index is 388. The minimum atomic E-state index is -0.308. The fourth-order valence-corrected chi connectivity index (χ4v) is 3.47.